The third-order valence-electron chi connectivity index (χ3n) is 4.60. The van der Waals surface area contributed by atoms with E-state index in [0.717, 1.165) is 12.0 Å². The second-order valence-corrected chi connectivity index (χ2v) is 6.65. The number of H-pyrrole nitrogens is 1. The minimum atomic E-state index is -0.772. The number of nitrogens with one attached hydrogen (secondary N) is 2. The van der Waals surface area contributed by atoms with Gasteiger partial charge in [0, 0.05) is 29.5 Å². The first-order valence-electron chi connectivity index (χ1n) is 9.02. The average molecular weight is 358 g/mol. The van der Waals surface area contributed by atoms with Crippen LogP contribution in [0.5, 0.6) is 5.75 Å². The van der Waals surface area contributed by atoms with E-state index in [1.54, 1.807) is 13.8 Å². The Kier molecular flexibility index (Phi) is 6.18. The van der Waals surface area contributed by atoms with E-state index in [1.165, 1.54) is 12.1 Å². The van der Waals surface area contributed by atoms with Crippen molar-refractivity contribution >= 4 is 28.3 Å². The molecule has 1 amide bonds. The molecule has 1 aromatic carbocycles. The van der Waals surface area contributed by atoms with Crippen molar-refractivity contribution < 1.29 is 14.7 Å². The molecule has 0 saturated heterocycles. The molecule has 2 aromatic rings. The summed E-state index contributed by atoms with van der Waals surface area (Å²) >= 11 is 0. The highest BCUT2D eigenvalue weighted by Gasteiger charge is 2.22. The average Bonchev–Trinajstić information content (AvgIpc) is 2.58. The van der Waals surface area contributed by atoms with Crippen molar-refractivity contribution in [2.75, 3.05) is 5.32 Å². The first-order valence-corrected chi connectivity index (χ1v) is 9.02. The molecule has 0 radical (unpaired) electrons. The number of ketones is 1. The quantitative estimate of drug-likeness (QED) is 0.660. The van der Waals surface area contributed by atoms with Gasteiger partial charge < -0.3 is 15.4 Å². The molecule has 1 atom stereocenters. The van der Waals surface area contributed by atoms with E-state index in [2.05, 4.69) is 10.3 Å². The number of hydrogen-bond acceptors (Lipinski definition) is 4. The number of fused-ring (bicyclic) bond motifs is 1. The first-order chi connectivity index (χ1) is 12.3. The van der Waals surface area contributed by atoms with Crippen LogP contribution in [0.25, 0.3) is 10.9 Å². The lowest BCUT2D eigenvalue weighted by atomic mass is 9.97. The summed E-state index contributed by atoms with van der Waals surface area (Å²) in [5, 5.41) is 13.5. The Bertz CT molecular complexity index is 899. The molecule has 0 saturated carbocycles. The molecule has 0 bridgehead atoms. The summed E-state index contributed by atoms with van der Waals surface area (Å²) in [6, 6.07) is 2.92. The van der Waals surface area contributed by atoms with E-state index in [-0.39, 0.29) is 17.1 Å². The second-order valence-electron chi connectivity index (χ2n) is 6.65. The zero-order chi connectivity index (χ0) is 19.4. The van der Waals surface area contributed by atoms with E-state index < -0.39 is 11.8 Å². The van der Waals surface area contributed by atoms with Crippen LogP contribution in [0.15, 0.2) is 16.9 Å². The number of anilines is 1. The summed E-state index contributed by atoms with van der Waals surface area (Å²) in [6.07, 6.45) is 2.54. The number of Topliss-reactive ketones (excluding diaryl/α,β-unsaturated/α-hetero) is 1. The summed E-state index contributed by atoms with van der Waals surface area (Å²) in [5.74, 6) is -1.37. The highest BCUT2D eigenvalue weighted by molar-refractivity contribution is 6.10. The molecule has 0 aliphatic rings. The zero-order valence-electron chi connectivity index (χ0n) is 15.7. The molecule has 0 spiro atoms. The molecule has 0 aliphatic carbocycles. The van der Waals surface area contributed by atoms with Crippen molar-refractivity contribution in [2.45, 2.75) is 53.4 Å². The fourth-order valence-electron chi connectivity index (χ4n) is 3.10. The largest absolute Gasteiger partial charge is 0.508 e. The minimum absolute atomic E-state index is 0.0673. The summed E-state index contributed by atoms with van der Waals surface area (Å²) in [4.78, 5) is 39.5. The molecule has 0 aliphatic heterocycles. The Morgan fingerprint density at radius 3 is 2.54 bits per heavy atom. The number of phenols is 1. The Labute approximate surface area is 152 Å². The lowest BCUT2D eigenvalue weighted by molar-refractivity contribution is -0.130. The molecule has 140 valence electrons. The molecule has 1 heterocycles. The van der Waals surface area contributed by atoms with Crippen LogP contribution in [-0.4, -0.2) is 21.8 Å². The molecule has 1 unspecified atom stereocenters. The summed E-state index contributed by atoms with van der Waals surface area (Å²) in [5.41, 5.74) is 2.09. The number of pyridine rings is 1. The number of phenolic OH excluding ortho intramolecular Hbond substituents is 1. The van der Waals surface area contributed by atoms with Gasteiger partial charge in [-0.25, -0.2) is 0 Å². The van der Waals surface area contributed by atoms with Crippen LogP contribution >= 0.6 is 0 Å². The fourth-order valence-corrected chi connectivity index (χ4v) is 3.10. The van der Waals surface area contributed by atoms with Crippen molar-refractivity contribution in [1.29, 1.82) is 0 Å². The Balaban J connectivity index is 2.56. The Morgan fingerprint density at radius 1 is 1.23 bits per heavy atom. The first kappa shape index (κ1) is 19.7. The molecular weight excluding hydrogens is 332 g/mol. The fraction of sp³-hybridized carbons (Fsp3) is 0.450. The second kappa shape index (κ2) is 8.17. The summed E-state index contributed by atoms with van der Waals surface area (Å²) in [6.45, 7) is 7.23. The van der Waals surface area contributed by atoms with Gasteiger partial charge in [0.25, 0.3) is 5.56 Å². The third kappa shape index (κ3) is 3.95. The molecule has 1 aromatic heterocycles. The van der Waals surface area contributed by atoms with Crippen LogP contribution in [0.1, 0.15) is 51.2 Å². The van der Waals surface area contributed by atoms with E-state index >= 15 is 0 Å². The maximum absolute atomic E-state index is 12.5. The summed E-state index contributed by atoms with van der Waals surface area (Å²) < 4.78 is 0. The molecule has 2 rings (SSSR count). The maximum Gasteiger partial charge on any atom is 0.251 e. The van der Waals surface area contributed by atoms with Gasteiger partial charge in [-0.3, -0.25) is 14.4 Å². The zero-order valence-corrected chi connectivity index (χ0v) is 15.7. The van der Waals surface area contributed by atoms with Gasteiger partial charge in [-0.2, -0.15) is 0 Å². The van der Waals surface area contributed by atoms with Crippen LogP contribution in [0.2, 0.25) is 0 Å². The lowest BCUT2D eigenvalue weighted by Crippen LogP contribution is -2.27. The van der Waals surface area contributed by atoms with Crippen molar-refractivity contribution in [3.63, 3.8) is 0 Å². The lowest BCUT2D eigenvalue weighted by Gasteiger charge is -2.16. The van der Waals surface area contributed by atoms with Crippen LogP contribution < -0.4 is 10.9 Å². The van der Waals surface area contributed by atoms with Crippen LogP contribution in [0, 0.1) is 12.8 Å². The number of carbonyl (C=O) groups excluding carboxylic acids is 2. The predicted octanol–water partition coefficient (Wildman–Crippen LogP) is 3.44. The molecule has 26 heavy (non-hydrogen) atoms. The number of aromatic amines is 1. The Hall–Kier alpha value is -2.63. The number of rotatable bonds is 7. The van der Waals surface area contributed by atoms with Gasteiger partial charge in [0.1, 0.15) is 11.5 Å². The van der Waals surface area contributed by atoms with Gasteiger partial charge in [-0.15, -0.1) is 0 Å². The molecule has 6 heteroatoms. The van der Waals surface area contributed by atoms with Crippen molar-refractivity contribution in [3.8, 4) is 5.75 Å². The number of aromatic hydroxyl groups is 1. The van der Waals surface area contributed by atoms with Crippen LogP contribution in [0.3, 0.4) is 0 Å². The van der Waals surface area contributed by atoms with Gasteiger partial charge in [-0.1, -0.05) is 20.3 Å². The number of amides is 1. The van der Waals surface area contributed by atoms with Crippen LogP contribution in [0.4, 0.5) is 5.69 Å². The van der Waals surface area contributed by atoms with E-state index in [0.29, 0.717) is 41.4 Å². The van der Waals surface area contributed by atoms with Gasteiger partial charge in [0.05, 0.1) is 17.1 Å². The van der Waals surface area contributed by atoms with E-state index in [4.69, 9.17) is 0 Å². The van der Waals surface area contributed by atoms with Crippen LogP contribution in [-0.2, 0) is 16.0 Å². The molecular formula is C20H26N2O4. The van der Waals surface area contributed by atoms with Gasteiger partial charge >= 0.3 is 0 Å². The highest BCUT2D eigenvalue weighted by atomic mass is 16.3. The smallest absolute Gasteiger partial charge is 0.251 e. The van der Waals surface area contributed by atoms with Gasteiger partial charge in [0.2, 0.25) is 5.91 Å². The number of aromatic nitrogens is 1. The Morgan fingerprint density at radius 2 is 1.92 bits per heavy atom. The molecule has 3 N–H and O–H groups in total. The van der Waals surface area contributed by atoms with Crippen molar-refractivity contribution in [3.05, 3.63) is 33.6 Å². The number of benzene rings is 1. The van der Waals surface area contributed by atoms with Crippen molar-refractivity contribution in [2.24, 2.45) is 5.92 Å². The molecule has 6 nitrogen and oxygen atoms in total. The molecule has 0 fully saturated rings. The number of aryl methyl sites for hydroxylation is 1. The third-order valence-corrected chi connectivity index (χ3v) is 4.60. The van der Waals surface area contributed by atoms with E-state index in [1.807, 2.05) is 13.8 Å². The maximum atomic E-state index is 12.5. The number of carbonyl (C=O) groups is 2. The SMILES string of the molecule is CCCC(=O)C(C)C(=O)Nc1cc(O)cc2[nH]c(=O)c(C)c(CCC)c12. The monoisotopic (exact) mass is 358 g/mol. The normalized spacial score (nSPS) is 12.2. The van der Waals surface area contributed by atoms with E-state index in [9.17, 15) is 19.5 Å². The van der Waals surface area contributed by atoms with Gasteiger partial charge in [-0.05, 0) is 32.3 Å². The van der Waals surface area contributed by atoms with Gasteiger partial charge in [0.15, 0.2) is 0 Å². The summed E-state index contributed by atoms with van der Waals surface area (Å²) in [7, 11) is 0. The predicted molar refractivity (Wildman–Crippen MR) is 103 cm³/mol. The minimum Gasteiger partial charge on any atom is -0.508 e. The number of hydrogen-bond donors (Lipinski definition) is 3. The highest BCUT2D eigenvalue weighted by Crippen LogP contribution is 2.32. The van der Waals surface area contributed by atoms with Crippen molar-refractivity contribution in [1.82, 2.24) is 4.98 Å². The topological polar surface area (TPSA) is 99.3 Å². The standard InChI is InChI=1S/C20H26N2O4/c1-5-7-14-11(3)19(25)21-15-9-13(23)10-16(18(14)15)22-20(26)12(4)17(24)8-6-2/h9-10,12,23H,5-8H2,1-4H3,(H,21,25)(H,22,26).